The summed E-state index contributed by atoms with van der Waals surface area (Å²) in [6, 6.07) is 14.5. The van der Waals surface area contributed by atoms with E-state index in [-0.39, 0.29) is 0 Å². The molecule has 0 aromatic heterocycles. The normalized spacial score (nSPS) is 18.0. The zero-order valence-corrected chi connectivity index (χ0v) is 17.1. The second-order valence-corrected chi connectivity index (χ2v) is 6.41. The molecule has 2 atom stereocenters. The summed E-state index contributed by atoms with van der Waals surface area (Å²) >= 11 is 0. The Morgan fingerprint density at radius 3 is 1.27 bits per heavy atom. The van der Waals surface area contributed by atoms with E-state index in [0.29, 0.717) is 22.9 Å². The Balaban J connectivity index is 2.10. The Morgan fingerprint density at radius 1 is 0.667 bits per heavy atom. The van der Waals surface area contributed by atoms with Crippen LogP contribution in [0.15, 0.2) is 58.5 Å². The Morgan fingerprint density at radius 2 is 1.00 bits per heavy atom. The lowest BCUT2D eigenvalue weighted by Gasteiger charge is -2.27. The van der Waals surface area contributed by atoms with E-state index in [1.165, 1.54) is 13.8 Å². The summed E-state index contributed by atoms with van der Waals surface area (Å²) in [6.45, 7) is 2.52. The Kier molecular flexibility index (Phi) is 6.46. The summed E-state index contributed by atoms with van der Waals surface area (Å²) in [7, 11) is 3.16. The van der Waals surface area contributed by atoms with E-state index in [1.54, 1.807) is 38.5 Å². The van der Waals surface area contributed by atoms with Crippen LogP contribution in [0, 0.1) is 0 Å². The molecule has 3 rings (SSSR count). The maximum absolute atomic E-state index is 11.6. The Hall–Kier alpha value is -3.68. The molecule has 156 valence electrons. The molecule has 0 saturated heterocycles. The molecule has 2 aromatic rings. The van der Waals surface area contributed by atoms with Gasteiger partial charge in [0.15, 0.2) is 0 Å². The number of hydrogen-bond donors (Lipinski definition) is 0. The highest BCUT2D eigenvalue weighted by molar-refractivity contribution is 6.53. The number of carbonyl (C=O) groups is 2. The molecule has 0 saturated carbocycles. The van der Waals surface area contributed by atoms with Crippen LogP contribution in [-0.4, -0.2) is 50.0 Å². The van der Waals surface area contributed by atoms with Gasteiger partial charge in [-0.05, 0) is 48.5 Å². The van der Waals surface area contributed by atoms with Crippen molar-refractivity contribution in [3.05, 3.63) is 59.7 Å². The quantitative estimate of drug-likeness (QED) is 0.680. The Bertz CT molecular complexity index is 898. The zero-order chi connectivity index (χ0) is 21.7. The molecule has 0 unspecified atom stereocenters. The average Bonchev–Trinajstić information content (AvgIpc) is 2.74. The van der Waals surface area contributed by atoms with Gasteiger partial charge in [-0.2, -0.15) is 0 Å². The number of carbonyl (C=O) groups excluding carboxylic acids is 2. The van der Waals surface area contributed by atoms with Crippen LogP contribution in [0.1, 0.15) is 25.0 Å². The maximum Gasteiger partial charge on any atom is 0.304 e. The van der Waals surface area contributed by atoms with Crippen LogP contribution in [0.2, 0.25) is 0 Å². The number of rotatable bonds is 6. The summed E-state index contributed by atoms with van der Waals surface area (Å²) in [6.07, 6.45) is -2.18. The number of aliphatic imine (C=N–C) groups is 2. The van der Waals surface area contributed by atoms with Crippen molar-refractivity contribution in [2.45, 2.75) is 26.3 Å². The predicted molar refractivity (Wildman–Crippen MR) is 110 cm³/mol. The second kappa shape index (κ2) is 9.21. The molecule has 0 spiro atoms. The summed E-state index contributed by atoms with van der Waals surface area (Å²) in [5.74, 6) is 0.260. The highest BCUT2D eigenvalue weighted by atomic mass is 16.6. The molecule has 8 heteroatoms. The third-order valence-electron chi connectivity index (χ3n) is 4.28. The third kappa shape index (κ3) is 4.83. The van der Waals surface area contributed by atoms with E-state index >= 15 is 0 Å². The molecule has 30 heavy (non-hydrogen) atoms. The maximum atomic E-state index is 11.6. The SMILES string of the molecule is COc1ccc(C2=N[C@@H](OC(C)=O)[C@H](OC(C)=O)N=C2c2ccc(OC)cc2)cc1. The molecule has 0 amide bonds. The summed E-state index contributed by atoms with van der Waals surface area (Å²) < 4.78 is 21.0. The second-order valence-electron chi connectivity index (χ2n) is 6.41. The predicted octanol–water partition coefficient (Wildman–Crippen LogP) is 2.77. The van der Waals surface area contributed by atoms with E-state index < -0.39 is 24.4 Å². The molecular weight excluding hydrogens is 388 g/mol. The van der Waals surface area contributed by atoms with Crippen LogP contribution in [0.5, 0.6) is 11.5 Å². The monoisotopic (exact) mass is 410 g/mol. The van der Waals surface area contributed by atoms with E-state index in [4.69, 9.17) is 18.9 Å². The first-order chi connectivity index (χ1) is 14.4. The number of methoxy groups -OCH3 is 2. The minimum atomic E-state index is -1.09. The van der Waals surface area contributed by atoms with Crippen molar-refractivity contribution in [1.29, 1.82) is 0 Å². The third-order valence-corrected chi connectivity index (χ3v) is 4.28. The van der Waals surface area contributed by atoms with Crippen molar-refractivity contribution in [3.8, 4) is 11.5 Å². The molecule has 0 aliphatic carbocycles. The number of hydrogen-bond acceptors (Lipinski definition) is 8. The fourth-order valence-electron chi connectivity index (χ4n) is 2.93. The largest absolute Gasteiger partial charge is 0.497 e. The van der Waals surface area contributed by atoms with E-state index in [2.05, 4.69) is 9.98 Å². The van der Waals surface area contributed by atoms with Gasteiger partial charge in [-0.3, -0.25) is 9.59 Å². The number of benzene rings is 2. The van der Waals surface area contributed by atoms with Crippen molar-refractivity contribution >= 4 is 23.4 Å². The van der Waals surface area contributed by atoms with Gasteiger partial charge in [-0.1, -0.05) is 0 Å². The Labute approximate surface area is 174 Å². The minimum absolute atomic E-state index is 0.498. The highest BCUT2D eigenvalue weighted by Crippen LogP contribution is 2.24. The standard InChI is InChI=1S/C22H22N2O6/c1-13(25)29-21-22(30-14(2)26)24-20(16-7-11-18(28-4)12-8-16)19(23-21)15-5-9-17(27-3)10-6-15/h5-12,21-22H,1-4H3/t21-,22-/m0/s1. The molecule has 8 nitrogen and oxygen atoms in total. The van der Waals surface area contributed by atoms with Crippen molar-refractivity contribution in [2.24, 2.45) is 9.98 Å². The van der Waals surface area contributed by atoms with Gasteiger partial charge in [0.1, 0.15) is 11.5 Å². The number of nitrogens with zero attached hydrogens (tertiary/aromatic N) is 2. The summed E-state index contributed by atoms with van der Waals surface area (Å²) in [5.41, 5.74) is 2.47. The lowest BCUT2D eigenvalue weighted by atomic mass is 9.98. The summed E-state index contributed by atoms with van der Waals surface area (Å²) in [5, 5.41) is 0. The summed E-state index contributed by atoms with van der Waals surface area (Å²) in [4.78, 5) is 32.3. The van der Waals surface area contributed by atoms with E-state index in [9.17, 15) is 9.59 Å². The van der Waals surface area contributed by atoms with Crippen LogP contribution >= 0.6 is 0 Å². The van der Waals surface area contributed by atoms with Crippen molar-refractivity contribution in [2.75, 3.05) is 14.2 Å². The molecule has 0 N–H and O–H groups in total. The smallest absolute Gasteiger partial charge is 0.304 e. The molecule has 2 aromatic carbocycles. The van der Waals surface area contributed by atoms with Gasteiger partial charge >= 0.3 is 11.9 Å². The van der Waals surface area contributed by atoms with Gasteiger partial charge in [0, 0.05) is 25.0 Å². The van der Waals surface area contributed by atoms with Crippen molar-refractivity contribution in [3.63, 3.8) is 0 Å². The van der Waals surface area contributed by atoms with Crippen molar-refractivity contribution in [1.82, 2.24) is 0 Å². The van der Waals surface area contributed by atoms with Crippen LogP contribution < -0.4 is 9.47 Å². The van der Waals surface area contributed by atoms with Crippen LogP contribution in [0.3, 0.4) is 0 Å². The lowest BCUT2D eigenvalue weighted by Crippen LogP contribution is -2.39. The van der Waals surface area contributed by atoms with Crippen LogP contribution in [-0.2, 0) is 19.1 Å². The molecule has 0 bridgehead atoms. The number of ether oxygens (including phenoxy) is 4. The molecule has 1 heterocycles. The number of esters is 2. The van der Waals surface area contributed by atoms with Gasteiger partial charge < -0.3 is 18.9 Å². The topological polar surface area (TPSA) is 95.8 Å². The first kappa shape index (κ1) is 21.0. The molecule has 0 radical (unpaired) electrons. The lowest BCUT2D eigenvalue weighted by molar-refractivity contribution is -0.164. The first-order valence-corrected chi connectivity index (χ1v) is 9.20. The zero-order valence-electron chi connectivity index (χ0n) is 17.1. The van der Waals surface area contributed by atoms with Crippen LogP contribution in [0.4, 0.5) is 0 Å². The van der Waals surface area contributed by atoms with Gasteiger partial charge in [-0.25, -0.2) is 9.98 Å². The van der Waals surface area contributed by atoms with E-state index in [1.807, 2.05) is 24.3 Å². The molecular formula is C22H22N2O6. The fourth-order valence-corrected chi connectivity index (χ4v) is 2.93. The van der Waals surface area contributed by atoms with Gasteiger partial charge in [-0.15, -0.1) is 0 Å². The highest BCUT2D eigenvalue weighted by Gasteiger charge is 2.33. The van der Waals surface area contributed by atoms with Crippen LogP contribution in [0.25, 0.3) is 0 Å². The molecule has 1 aliphatic rings. The minimum Gasteiger partial charge on any atom is -0.497 e. The van der Waals surface area contributed by atoms with Gasteiger partial charge in [0.25, 0.3) is 12.5 Å². The average molecular weight is 410 g/mol. The van der Waals surface area contributed by atoms with E-state index in [0.717, 1.165) is 11.1 Å². The first-order valence-electron chi connectivity index (χ1n) is 9.20. The van der Waals surface area contributed by atoms with Gasteiger partial charge in [0.05, 0.1) is 25.6 Å². The van der Waals surface area contributed by atoms with Crippen molar-refractivity contribution < 1.29 is 28.5 Å². The van der Waals surface area contributed by atoms with Gasteiger partial charge in [0.2, 0.25) is 0 Å². The molecule has 1 aliphatic heterocycles. The fraction of sp³-hybridized carbons (Fsp3) is 0.273. The molecule has 0 fully saturated rings.